The van der Waals surface area contributed by atoms with Gasteiger partial charge in [0, 0.05) is 35.1 Å². The van der Waals surface area contributed by atoms with Crippen molar-refractivity contribution in [3.63, 3.8) is 0 Å². The van der Waals surface area contributed by atoms with Crippen molar-refractivity contribution in [2.45, 2.75) is 64.5 Å². The van der Waals surface area contributed by atoms with Crippen LogP contribution in [0, 0.1) is 0 Å². The molecule has 4 heteroatoms. The van der Waals surface area contributed by atoms with E-state index in [4.69, 9.17) is 0 Å². The number of ketones is 1. The van der Waals surface area contributed by atoms with E-state index in [1.165, 1.54) is 25.7 Å². The lowest BCUT2D eigenvalue weighted by Gasteiger charge is -2.16. The van der Waals surface area contributed by atoms with Gasteiger partial charge in [0.05, 0.1) is 0 Å². The first-order chi connectivity index (χ1) is 11.7. The molecular weight excluding hydrogens is 300 g/mol. The van der Waals surface area contributed by atoms with Crippen LogP contribution in [0.5, 0.6) is 0 Å². The maximum atomic E-state index is 12.5. The molecule has 1 aliphatic carbocycles. The molecule has 128 valence electrons. The van der Waals surface area contributed by atoms with Crippen LogP contribution >= 0.6 is 0 Å². The molecule has 0 atom stereocenters. The minimum Gasteiger partial charge on any atom is -0.352 e. The number of hydrogen-bond acceptors (Lipinski definition) is 2. The molecule has 1 heterocycles. The Morgan fingerprint density at radius 2 is 1.83 bits per heavy atom. The van der Waals surface area contributed by atoms with Crippen LogP contribution in [-0.4, -0.2) is 22.3 Å². The van der Waals surface area contributed by atoms with Gasteiger partial charge >= 0.3 is 0 Å². The highest BCUT2D eigenvalue weighted by Crippen LogP contribution is 2.23. The van der Waals surface area contributed by atoms with Crippen molar-refractivity contribution in [1.29, 1.82) is 0 Å². The van der Waals surface area contributed by atoms with Crippen molar-refractivity contribution < 1.29 is 9.59 Å². The normalized spacial score (nSPS) is 16.0. The van der Waals surface area contributed by atoms with E-state index >= 15 is 0 Å². The molecule has 0 saturated heterocycles. The lowest BCUT2D eigenvalue weighted by molar-refractivity contribution is -0.122. The Labute approximate surface area is 143 Å². The molecule has 0 aliphatic heterocycles. The van der Waals surface area contributed by atoms with E-state index in [0.29, 0.717) is 12.5 Å². The number of carbonyl (C=O) groups is 2. The first-order valence-corrected chi connectivity index (χ1v) is 9.09. The summed E-state index contributed by atoms with van der Waals surface area (Å²) >= 11 is 0. The smallest absolute Gasteiger partial charge is 0.240 e. The van der Waals surface area contributed by atoms with Crippen LogP contribution in [-0.2, 0) is 11.3 Å². The quantitative estimate of drug-likeness (QED) is 0.665. The van der Waals surface area contributed by atoms with Crippen molar-refractivity contribution >= 4 is 22.6 Å². The summed E-state index contributed by atoms with van der Waals surface area (Å²) in [6, 6.07) is 8.12. The number of benzene rings is 1. The fourth-order valence-corrected chi connectivity index (χ4v) is 3.64. The zero-order valence-electron chi connectivity index (χ0n) is 14.4. The molecule has 0 bridgehead atoms. The molecule has 1 aromatic carbocycles. The van der Waals surface area contributed by atoms with E-state index in [1.807, 2.05) is 42.0 Å². The summed E-state index contributed by atoms with van der Waals surface area (Å²) < 4.78 is 1.91. The standard InChI is InChI=1S/C20H26N2O2/c1-2-19(23)17-13-22(18-12-8-7-11-16(17)18)14-20(24)21-15-9-5-3-4-6-10-15/h7-8,11-13,15H,2-6,9-10,14H2,1H3,(H,21,24). The average molecular weight is 326 g/mol. The van der Waals surface area contributed by atoms with Gasteiger partial charge in [-0.15, -0.1) is 0 Å². The van der Waals surface area contributed by atoms with Crippen LogP contribution in [0.2, 0.25) is 0 Å². The summed E-state index contributed by atoms with van der Waals surface area (Å²) in [5.41, 5.74) is 1.67. The molecule has 1 saturated carbocycles. The van der Waals surface area contributed by atoms with Crippen molar-refractivity contribution in [1.82, 2.24) is 9.88 Å². The highest BCUT2D eigenvalue weighted by molar-refractivity contribution is 6.08. The van der Waals surface area contributed by atoms with Gasteiger partial charge in [-0.05, 0) is 18.9 Å². The number of hydrogen-bond donors (Lipinski definition) is 1. The fraction of sp³-hybridized carbons (Fsp3) is 0.500. The molecule has 1 amide bonds. The van der Waals surface area contributed by atoms with Crippen LogP contribution in [0.15, 0.2) is 30.5 Å². The van der Waals surface area contributed by atoms with Crippen molar-refractivity contribution in [2.75, 3.05) is 0 Å². The Morgan fingerprint density at radius 1 is 1.12 bits per heavy atom. The van der Waals surface area contributed by atoms with E-state index in [-0.39, 0.29) is 18.2 Å². The van der Waals surface area contributed by atoms with Gasteiger partial charge in [-0.1, -0.05) is 50.8 Å². The largest absolute Gasteiger partial charge is 0.352 e. The molecule has 2 aromatic rings. The number of fused-ring (bicyclic) bond motifs is 1. The number of carbonyl (C=O) groups excluding carboxylic acids is 2. The van der Waals surface area contributed by atoms with Gasteiger partial charge in [0.15, 0.2) is 5.78 Å². The van der Waals surface area contributed by atoms with E-state index < -0.39 is 0 Å². The number of amides is 1. The number of Topliss-reactive ketones (excluding diaryl/α,β-unsaturated/α-hetero) is 1. The van der Waals surface area contributed by atoms with Crippen molar-refractivity contribution in [3.8, 4) is 0 Å². The lowest BCUT2D eigenvalue weighted by atomic mass is 10.1. The summed E-state index contributed by atoms with van der Waals surface area (Å²) in [6.45, 7) is 2.14. The maximum Gasteiger partial charge on any atom is 0.240 e. The third-order valence-corrected chi connectivity index (χ3v) is 4.94. The first kappa shape index (κ1) is 16.7. The number of nitrogens with one attached hydrogen (secondary N) is 1. The van der Waals surface area contributed by atoms with Crippen molar-refractivity contribution in [2.24, 2.45) is 0 Å². The molecule has 3 rings (SSSR count). The van der Waals surface area contributed by atoms with Crippen LogP contribution in [0.4, 0.5) is 0 Å². The summed E-state index contributed by atoms with van der Waals surface area (Å²) in [5, 5.41) is 4.12. The SMILES string of the molecule is CCC(=O)c1cn(CC(=O)NC2CCCCCC2)c2ccccc12. The molecule has 1 aromatic heterocycles. The molecule has 0 spiro atoms. The van der Waals surface area contributed by atoms with E-state index in [1.54, 1.807) is 0 Å². The predicted molar refractivity (Wildman–Crippen MR) is 96.2 cm³/mol. The van der Waals surface area contributed by atoms with Crippen LogP contribution in [0.25, 0.3) is 10.9 Å². The Kier molecular flexibility index (Phi) is 5.34. The number of para-hydroxylation sites is 1. The third kappa shape index (κ3) is 3.69. The van der Waals surface area contributed by atoms with Gasteiger partial charge < -0.3 is 9.88 Å². The number of rotatable bonds is 5. The summed E-state index contributed by atoms with van der Waals surface area (Å²) in [5.74, 6) is 0.160. The van der Waals surface area contributed by atoms with Crippen LogP contribution in [0.3, 0.4) is 0 Å². The van der Waals surface area contributed by atoms with Gasteiger partial charge in [-0.25, -0.2) is 0 Å². The average Bonchev–Trinajstić information content (AvgIpc) is 2.77. The molecule has 0 unspecified atom stereocenters. The Bertz CT molecular complexity index is 724. The molecule has 4 nitrogen and oxygen atoms in total. The predicted octanol–water partition coefficient (Wildman–Crippen LogP) is 4.07. The minimum atomic E-state index is 0.0400. The van der Waals surface area contributed by atoms with Gasteiger partial charge in [-0.2, -0.15) is 0 Å². The zero-order chi connectivity index (χ0) is 16.9. The van der Waals surface area contributed by atoms with E-state index in [9.17, 15) is 9.59 Å². The number of aromatic nitrogens is 1. The molecule has 1 aliphatic rings. The van der Waals surface area contributed by atoms with Gasteiger partial charge in [-0.3, -0.25) is 9.59 Å². The van der Waals surface area contributed by atoms with Crippen molar-refractivity contribution in [3.05, 3.63) is 36.0 Å². The topological polar surface area (TPSA) is 51.1 Å². The van der Waals surface area contributed by atoms with E-state index in [0.717, 1.165) is 29.3 Å². The Morgan fingerprint density at radius 3 is 2.54 bits per heavy atom. The zero-order valence-corrected chi connectivity index (χ0v) is 14.4. The maximum absolute atomic E-state index is 12.5. The molecule has 1 N–H and O–H groups in total. The van der Waals surface area contributed by atoms with Gasteiger partial charge in [0.25, 0.3) is 0 Å². The summed E-state index contributed by atoms with van der Waals surface area (Å²) in [6.07, 6.45) is 9.42. The summed E-state index contributed by atoms with van der Waals surface area (Å²) in [7, 11) is 0. The molecule has 24 heavy (non-hydrogen) atoms. The Hall–Kier alpha value is -2.10. The summed E-state index contributed by atoms with van der Waals surface area (Å²) in [4.78, 5) is 24.6. The molecule has 0 radical (unpaired) electrons. The Balaban J connectivity index is 1.76. The van der Waals surface area contributed by atoms with E-state index in [2.05, 4.69) is 5.32 Å². The fourth-order valence-electron chi connectivity index (χ4n) is 3.64. The first-order valence-electron chi connectivity index (χ1n) is 9.09. The van der Waals surface area contributed by atoms with Crippen LogP contribution in [0.1, 0.15) is 62.2 Å². The molecule has 1 fully saturated rings. The second-order valence-electron chi connectivity index (χ2n) is 6.72. The van der Waals surface area contributed by atoms with Gasteiger partial charge in [0.1, 0.15) is 6.54 Å². The number of nitrogens with zero attached hydrogens (tertiary/aromatic N) is 1. The highest BCUT2D eigenvalue weighted by Gasteiger charge is 2.17. The molecular formula is C20H26N2O2. The lowest BCUT2D eigenvalue weighted by Crippen LogP contribution is -2.36. The third-order valence-electron chi connectivity index (χ3n) is 4.94. The highest BCUT2D eigenvalue weighted by atomic mass is 16.2. The second kappa shape index (κ2) is 7.65. The monoisotopic (exact) mass is 326 g/mol. The second-order valence-corrected chi connectivity index (χ2v) is 6.72. The van der Waals surface area contributed by atoms with Crippen LogP contribution < -0.4 is 5.32 Å². The van der Waals surface area contributed by atoms with Gasteiger partial charge in [0.2, 0.25) is 5.91 Å². The minimum absolute atomic E-state index is 0.0400.